The Kier molecular flexibility index (Phi) is 5.17. The number of hydrogen-bond donors (Lipinski definition) is 2. The van der Waals surface area contributed by atoms with Gasteiger partial charge in [-0.15, -0.1) is 0 Å². The second kappa shape index (κ2) is 7.79. The molecule has 0 amide bonds. The largest absolute Gasteiger partial charge is 0.324 e. The first-order chi connectivity index (χ1) is 14.4. The smallest absolute Gasteiger partial charge is 0.266 e. The summed E-state index contributed by atoms with van der Waals surface area (Å²) in [7, 11) is -4.01. The van der Waals surface area contributed by atoms with Gasteiger partial charge in [0, 0.05) is 23.9 Å². The number of anilines is 1. The Bertz CT molecular complexity index is 1230. The highest BCUT2D eigenvalue weighted by atomic mass is 32.2. The van der Waals surface area contributed by atoms with Gasteiger partial charge >= 0.3 is 0 Å². The highest BCUT2D eigenvalue weighted by Gasteiger charge is 2.32. The summed E-state index contributed by atoms with van der Waals surface area (Å²) < 4.78 is 56.9. The predicted octanol–water partition coefficient (Wildman–Crippen LogP) is 3.17. The van der Waals surface area contributed by atoms with Crippen molar-refractivity contribution in [1.29, 1.82) is 0 Å². The van der Waals surface area contributed by atoms with E-state index < -0.39 is 27.6 Å². The molecule has 10 heteroatoms. The van der Waals surface area contributed by atoms with E-state index in [0.717, 1.165) is 12.1 Å². The maximum Gasteiger partial charge on any atom is 0.266 e. The number of halogens is 2. The van der Waals surface area contributed by atoms with Crippen LogP contribution >= 0.6 is 0 Å². The van der Waals surface area contributed by atoms with Crippen molar-refractivity contribution in [1.82, 2.24) is 14.7 Å². The average Bonchev–Trinajstić information content (AvgIpc) is 2.72. The van der Waals surface area contributed by atoms with Crippen LogP contribution in [0.5, 0.6) is 0 Å². The second-order valence-corrected chi connectivity index (χ2v) is 8.29. The van der Waals surface area contributed by atoms with Crippen LogP contribution in [0.2, 0.25) is 0 Å². The molecule has 1 aromatic heterocycles. The first-order valence-corrected chi connectivity index (χ1v) is 10.5. The van der Waals surface area contributed by atoms with Crippen LogP contribution in [0.15, 0.2) is 64.7 Å². The third-order valence-electron chi connectivity index (χ3n) is 4.72. The van der Waals surface area contributed by atoms with Gasteiger partial charge in [-0.2, -0.15) is 0 Å². The van der Waals surface area contributed by atoms with Crippen molar-refractivity contribution in [3.63, 3.8) is 0 Å². The zero-order valence-electron chi connectivity index (χ0n) is 15.8. The van der Waals surface area contributed by atoms with Gasteiger partial charge in [0.05, 0.1) is 5.69 Å². The first kappa shape index (κ1) is 19.9. The van der Waals surface area contributed by atoms with Crippen LogP contribution < -0.4 is 10.0 Å². The van der Waals surface area contributed by atoms with Crippen LogP contribution in [0.4, 0.5) is 14.5 Å². The van der Waals surface area contributed by atoms with Crippen molar-refractivity contribution in [3.05, 3.63) is 83.4 Å². The lowest BCUT2D eigenvalue weighted by atomic mass is 9.91. The fourth-order valence-corrected chi connectivity index (χ4v) is 4.45. The highest BCUT2D eigenvalue weighted by Crippen LogP contribution is 2.38. The van der Waals surface area contributed by atoms with Gasteiger partial charge in [-0.05, 0) is 29.8 Å². The summed E-state index contributed by atoms with van der Waals surface area (Å²) in [6.07, 6.45) is 3.08. The maximum atomic E-state index is 14.8. The monoisotopic (exact) mass is 429 g/mol. The van der Waals surface area contributed by atoms with Crippen molar-refractivity contribution in [2.75, 3.05) is 5.32 Å². The first-order valence-electron chi connectivity index (χ1n) is 9.04. The molecular formula is C20H17F2N5O2S. The van der Waals surface area contributed by atoms with Crippen molar-refractivity contribution in [2.45, 2.75) is 24.3 Å². The molecule has 0 radical (unpaired) electrons. The molecule has 0 spiro atoms. The van der Waals surface area contributed by atoms with Crippen molar-refractivity contribution in [2.24, 2.45) is 4.99 Å². The van der Waals surface area contributed by atoms with Gasteiger partial charge in [-0.25, -0.2) is 36.9 Å². The maximum absolute atomic E-state index is 14.8. The summed E-state index contributed by atoms with van der Waals surface area (Å²) >= 11 is 0. The minimum atomic E-state index is -4.01. The zero-order valence-corrected chi connectivity index (χ0v) is 16.6. The van der Waals surface area contributed by atoms with E-state index in [9.17, 15) is 17.2 Å². The summed E-state index contributed by atoms with van der Waals surface area (Å²) in [5.74, 6) is -1.62. The summed E-state index contributed by atoms with van der Waals surface area (Å²) in [4.78, 5) is 12.1. The summed E-state index contributed by atoms with van der Waals surface area (Å²) in [5, 5.41) is 2.84. The van der Waals surface area contributed by atoms with Crippen molar-refractivity contribution >= 4 is 21.7 Å². The van der Waals surface area contributed by atoms with Crippen LogP contribution in [0.3, 0.4) is 0 Å². The topological polar surface area (TPSA) is 96.3 Å². The number of fused-ring (bicyclic) bond motifs is 1. The molecule has 1 aliphatic heterocycles. The van der Waals surface area contributed by atoms with Gasteiger partial charge in [0.15, 0.2) is 0 Å². The molecule has 4 rings (SSSR count). The van der Waals surface area contributed by atoms with Crippen LogP contribution in [-0.4, -0.2) is 24.3 Å². The number of aliphatic imine (C=N–C) groups is 1. The van der Waals surface area contributed by atoms with Gasteiger partial charge in [-0.3, -0.25) is 0 Å². The zero-order chi connectivity index (χ0) is 21.3. The molecule has 1 atom stereocenters. The summed E-state index contributed by atoms with van der Waals surface area (Å²) in [5.41, 5.74) is 0.308. The molecule has 1 aliphatic rings. The number of rotatable bonds is 4. The Labute approximate surface area is 172 Å². The summed E-state index contributed by atoms with van der Waals surface area (Å²) in [6, 6.07) is 9.86. The molecule has 2 N–H and O–H groups in total. The van der Waals surface area contributed by atoms with Crippen molar-refractivity contribution in [3.8, 4) is 0 Å². The molecular weight excluding hydrogens is 412 g/mol. The van der Waals surface area contributed by atoms with E-state index in [-0.39, 0.29) is 34.2 Å². The lowest BCUT2D eigenvalue weighted by Gasteiger charge is -2.26. The molecule has 3 aromatic rings. The average molecular weight is 429 g/mol. The normalized spacial score (nSPS) is 17.0. The molecule has 0 saturated carbocycles. The minimum Gasteiger partial charge on any atom is -0.324 e. The third-order valence-corrected chi connectivity index (χ3v) is 6.10. The number of guanidine groups is 1. The predicted molar refractivity (Wildman–Crippen MR) is 107 cm³/mol. The van der Waals surface area contributed by atoms with E-state index in [1.54, 1.807) is 31.5 Å². The van der Waals surface area contributed by atoms with Gasteiger partial charge in [-0.1, -0.05) is 25.1 Å². The fourth-order valence-electron chi connectivity index (χ4n) is 3.29. The number of aromatic nitrogens is 2. The van der Waals surface area contributed by atoms with Gasteiger partial charge in [0.25, 0.3) is 10.0 Å². The lowest BCUT2D eigenvalue weighted by molar-refractivity contribution is 0.577. The third kappa shape index (κ3) is 3.73. The van der Waals surface area contributed by atoms with Gasteiger partial charge in [0.1, 0.15) is 28.9 Å². The number of nitrogens with zero attached hydrogens (tertiary/aromatic N) is 3. The van der Waals surface area contributed by atoms with Crippen molar-refractivity contribution < 1.29 is 17.2 Å². The molecule has 7 nitrogen and oxygen atoms in total. The number of hydrogen-bond acceptors (Lipinski definition) is 5. The van der Waals surface area contributed by atoms with E-state index in [2.05, 4.69) is 25.0 Å². The highest BCUT2D eigenvalue weighted by molar-refractivity contribution is 7.90. The molecule has 0 saturated heterocycles. The number of sulfonamides is 1. The number of nitrogens with one attached hydrogen (secondary N) is 2. The van der Waals surface area contributed by atoms with E-state index in [1.165, 1.54) is 18.2 Å². The quantitative estimate of drug-likeness (QED) is 0.664. The molecule has 0 aliphatic carbocycles. The molecule has 0 fully saturated rings. The molecule has 154 valence electrons. The Morgan fingerprint density at radius 1 is 1.03 bits per heavy atom. The Morgan fingerprint density at radius 2 is 1.77 bits per heavy atom. The Morgan fingerprint density at radius 3 is 2.50 bits per heavy atom. The standard InChI is InChI=1S/C20H17F2N5O2S/c1-12(13-5-2-3-6-14(13)21)18-15(22)7-8-16-19(18)26-20(27-30(16,28)29)25-11-17-23-9-4-10-24-17/h2-10,12H,11H2,1H3,(H2,25,26,27)/t12-/m0/s1. The van der Waals surface area contributed by atoms with E-state index in [0.29, 0.717) is 5.82 Å². The summed E-state index contributed by atoms with van der Waals surface area (Å²) in [6.45, 7) is 1.62. The van der Waals surface area contributed by atoms with Gasteiger partial charge in [0.2, 0.25) is 5.96 Å². The Balaban J connectivity index is 1.79. The Hall–Kier alpha value is -3.40. The molecule has 2 aromatic carbocycles. The lowest BCUT2D eigenvalue weighted by Crippen LogP contribution is -2.41. The van der Waals surface area contributed by atoms with Crippen LogP contribution in [0.25, 0.3) is 0 Å². The fraction of sp³-hybridized carbons (Fsp3) is 0.150. The van der Waals surface area contributed by atoms with Crippen LogP contribution in [0, 0.1) is 11.6 Å². The SMILES string of the molecule is C[C@@H](c1ccccc1F)c1c(F)ccc2c1NC(=NCc1ncccn1)NS2(=O)=O. The molecule has 0 unspecified atom stereocenters. The van der Waals surface area contributed by atoms with E-state index >= 15 is 0 Å². The number of benzene rings is 2. The van der Waals surface area contributed by atoms with E-state index in [1.807, 2.05) is 0 Å². The van der Waals surface area contributed by atoms with Crippen LogP contribution in [-0.2, 0) is 16.6 Å². The molecule has 2 heterocycles. The van der Waals surface area contributed by atoms with E-state index in [4.69, 9.17) is 0 Å². The van der Waals surface area contributed by atoms with Gasteiger partial charge < -0.3 is 5.32 Å². The molecule has 0 bridgehead atoms. The molecule has 30 heavy (non-hydrogen) atoms. The second-order valence-electron chi connectivity index (χ2n) is 6.64. The van der Waals surface area contributed by atoms with Crippen LogP contribution in [0.1, 0.15) is 29.8 Å². The minimum absolute atomic E-state index is 0.00847.